The molecule has 4 nitrogen and oxygen atoms in total. The molecule has 0 heterocycles. The van der Waals surface area contributed by atoms with E-state index in [2.05, 4.69) is 0 Å². The number of carbonyl (C=O) groups excluding carboxylic acids is 1. The molecule has 8 heteroatoms. The Labute approximate surface area is 183 Å². The molecule has 2 aromatic carbocycles. The number of thioether (sulfide) groups is 1. The second kappa shape index (κ2) is 9.77. The van der Waals surface area contributed by atoms with Crippen molar-refractivity contribution < 1.29 is 32.6 Å². The van der Waals surface area contributed by atoms with E-state index >= 15 is 0 Å². The normalized spacial score (nSPS) is 12.0. The van der Waals surface area contributed by atoms with Crippen molar-refractivity contribution >= 4 is 23.5 Å². The summed E-state index contributed by atoms with van der Waals surface area (Å²) >= 11 is 0.683. The van der Waals surface area contributed by atoms with Gasteiger partial charge in [0.15, 0.2) is 11.4 Å². The molecular formula is C23H25F3O4S. The molecule has 2 rings (SSSR count). The number of ether oxygens (including phenoxy) is 1. The highest BCUT2D eigenvalue weighted by atomic mass is 32.2. The molecule has 0 atom stereocenters. The Bertz CT molecular complexity index is 927. The van der Waals surface area contributed by atoms with Crippen LogP contribution < -0.4 is 4.74 Å². The van der Waals surface area contributed by atoms with Gasteiger partial charge in [0.1, 0.15) is 5.75 Å². The minimum atomic E-state index is -4.24. The first-order valence-corrected chi connectivity index (χ1v) is 10.6. The number of aliphatic carboxylic acids is 1. The molecule has 2 aromatic rings. The van der Waals surface area contributed by atoms with Gasteiger partial charge in [-0.15, -0.1) is 11.8 Å². The Morgan fingerprint density at radius 3 is 2.06 bits per heavy atom. The van der Waals surface area contributed by atoms with Crippen molar-refractivity contribution in [2.75, 3.05) is 5.75 Å². The number of halogens is 3. The lowest BCUT2D eigenvalue weighted by Crippen LogP contribution is -2.38. The lowest BCUT2D eigenvalue weighted by molar-refractivity contribution is -0.152. The van der Waals surface area contributed by atoms with Crippen LogP contribution in [0.4, 0.5) is 13.2 Å². The lowest BCUT2D eigenvalue weighted by atomic mass is 9.98. The van der Waals surface area contributed by atoms with Crippen LogP contribution in [0.1, 0.15) is 47.3 Å². The van der Waals surface area contributed by atoms with Gasteiger partial charge in [-0.05, 0) is 62.9 Å². The Kier molecular flexibility index (Phi) is 7.81. The molecule has 0 aromatic heterocycles. The molecule has 0 fully saturated rings. The second-order valence-corrected chi connectivity index (χ2v) is 8.88. The summed E-state index contributed by atoms with van der Waals surface area (Å²) in [5.41, 5.74) is 1.57. The molecule has 0 amide bonds. The van der Waals surface area contributed by atoms with Crippen LogP contribution in [0.3, 0.4) is 0 Å². The molecule has 0 radical (unpaired) electrons. The van der Waals surface area contributed by atoms with Crippen LogP contribution in [0.5, 0.6) is 5.75 Å². The van der Waals surface area contributed by atoms with E-state index < -0.39 is 23.5 Å². The van der Waals surface area contributed by atoms with Gasteiger partial charge in [0.25, 0.3) is 0 Å². The first-order chi connectivity index (χ1) is 14.3. The average Bonchev–Trinajstić information content (AvgIpc) is 2.67. The molecule has 168 valence electrons. The summed E-state index contributed by atoms with van der Waals surface area (Å²) in [5, 5.41) is 9.26. The number of carbonyl (C=O) groups is 2. The maximum Gasteiger partial charge on any atom is 0.398 e. The Morgan fingerprint density at radius 2 is 1.58 bits per heavy atom. The molecule has 0 aliphatic heterocycles. The number of ketones is 1. The summed E-state index contributed by atoms with van der Waals surface area (Å²) in [6.07, 6.45) is -3.51. The summed E-state index contributed by atoms with van der Waals surface area (Å²) in [5.74, 6) is -1.63. The molecule has 0 saturated carbocycles. The molecule has 0 bridgehead atoms. The highest BCUT2D eigenvalue weighted by Gasteiger charge is 2.30. The number of hydrogen-bond donors (Lipinski definition) is 1. The first-order valence-electron chi connectivity index (χ1n) is 9.64. The molecule has 0 aliphatic rings. The largest absolute Gasteiger partial charge is 0.478 e. The highest BCUT2D eigenvalue weighted by molar-refractivity contribution is 7.99. The van der Waals surface area contributed by atoms with E-state index in [-0.39, 0.29) is 12.2 Å². The SMILES string of the molecule is Cc1cc(CCC(=O)c2ccc(SCC(F)(F)F)cc2)cc(C)c1OC(C)(C)C(=O)O. The fourth-order valence-electron chi connectivity index (χ4n) is 2.95. The van der Waals surface area contributed by atoms with Crippen LogP contribution in [0, 0.1) is 13.8 Å². The van der Waals surface area contributed by atoms with Crippen LogP contribution in [0.2, 0.25) is 0 Å². The summed E-state index contributed by atoms with van der Waals surface area (Å²) in [4.78, 5) is 24.2. The lowest BCUT2D eigenvalue weighted by Gasteiger charge is -2.24. The van der Waals surface area contributed by atoms with Crippen molar-refractivity contribution in [2.24, 2.45) is 0 Å². The Balaban J connectivity index is 2.01. The maximum atomic E-state index is 12.5. The minimum absolute atomic E-state index is 0.102. The molecular weight excluding hydrogens is 429 g/mol. The minimum Gasteiger partial charge on any atom is -0.478 e. The van der Waals surface area contributed by atoms with Gasteiger partial charge in [0.05, 0.1) is 5.75 Å². The van der Waals surface area contributed by atoms with Crippen LogP contribution in [-0.2, 0) is 11.2 Å². The number of Topliss-reactive ketones (excluding diaryl/α,β-unsaturated/α-hetero) is 1. The molecule has 1 N–H and O–H groups in total. The maximum absolute atomic E-state index is 12.5. The van der Waals surface area contributed by atoms with Gasteiger partial charge in [-0.25, -0.2) is 4.79 Å². The zero-order valence-corrected chi connectivity index (χ0v) is 18.6. The molecule has 0 saturated heterocycles. The third-order valence-electron chi connectivity index (χ3n) is 4.61. The van der Waals surface area contributed by atoms with E-state index in [1.807, 2.05) is 26.0 Å². The van der Waals surface area contributed by atoms with Crippen molar-refractivity contribution in [2.45, 2.75) is 57.2 Å². The zero-order valence-electron chi connectivity index (χ0n) is 17.8. The predicted molar refractivity (Wildman–Crippen MR) is 114 cm³/mol. The second-order valence-electron chi connectivity index (χ2n) is 7.83. The third-order valence-corrected chi connectivity index (χ3v) is 5.69. The molecule has 0 unspecified atom stereocenters. The van der Waals surface area contributed by atoms with Crippen molar-refractivity contribution in [3.8, 4) is 5.75 Å². The van der Waals surface area contributed by atoms with E-state index in [0.717, 1.165) is 16.7 Å². The van der Waals surface area contributed by atoms with Crippen LogP contribution in [0.25, 0.3) is 0 Å². The third kappa shape index (κ3) is 7.31. The fourth-order valence-corrected chi connectivity index (χ4v) is 3.61. The van der Waals surface area contributed by atoms with Gasteiger partial charge in [0, 0.05) is 16.9 Å². The van der Waals surface area contributed by atoms with Gasteiger partial charge < -0.3 is 9.84 Å². The van der Waals surface area contributed by atoms with Crippen molar-refractivity contribution in [3.05, 3.63) is 58.7 Å². The van der Waals surface area contributed by atoms with Crippen molar-refractivity contribution in [1.29, 1.82) is 0 Å². The monoisotopic (exact) mass is 454 g/mol. The Hall–Kier alpha value is -2.48. The highest BCUT2D eigenvalue weighted by Crippen LogP contribution is 2.30. The molecule has 0 spiro atoms. The van der Waals surface area contributed by atoms with Crippen LogP contribution >= 0.6 is 11.8 Å². The average molecular weight is 455 g/mol. The quantitative estimate of drug-likeness (QED) is 0.371. The summed E-state index contributed by atoms with van der Waals surface area (Å²) in [6, 6.07) is 9.86. The van der Waals surface area contributed by atoms with Crippen molar-refractivity contribution in [1.82, 2.24) is 0 Å². The van der Waals surface area contributed by atoms with E-state index in [9.17, 15) is 27.9 Å². The fraction of sp³-hybridized carbons (Fsp3) is 0.391. The van der Waals surface area contributed by atoms with Gasteiger partial charge in [0.2, 0.25) is 0 Å². The van der Waals surface area contributed by atoms with Crippen LogP contribution in [-0.4, -0.2) is 34.4 Å². The molecule has 31 heavy (non-hydrogen) atoms. The van der Waals surface area contributed by atoms with E-state index in [1.54, 1.807) is 12.1 Å². The van der Waals surface area contributed by atoms with Gasteiger partial charge in [-0.3, -0.25) is 4.79 Å². The number of carboxylic acid groups (broad SMARTS) is 1. The van der Waals surface area contributed by atoms with E-state index in [0.29, 0.717) is 34.4 Å². The zero-order chi connectivity index (χ0) is 23.4. The van der Waals surface area contributed by atoms with Gasteiger partial charge in [-0.1, -0.05) is 24.3 Å². The van der Waals surface area contributed by atoms with Gasteiger partial charge >= 0.3 is 12.1 Å². The predicted octanol–water partition coefficient (Wildman–Crippen LogP) is 6.02. The number of aryl methyl sites for hydroxylation is 3. The first kappa shape index (κ1) is 24.8. The van der Waals surface area contributed by atoms with E-state index in [4.69, 9.17) is 4.74 Å². The van der Waals surface area contributed by atoms with E-state index in [1.165, 1.54) is 26.0 Å². The number of rotatable bonds is 9. The van der Waals surface area contributed by atoms with Gasteiger partial charge in [-0.2, -0.15) is 13.2 Å². The number of hydrogen-bond acceptors (Lipinski definition) is 4. The standard InChI is InChI=1S/C23H25F3O4S/c1-14-11-16(12-15(2)20(14)30-22(3,4)21(28)29)5-10-19(27)17-6-8-18(9-7-17)31-13-23(24,25)26/h6-9,11-12H,5,10,13H2,1-4H3,(H,28,29). The topological polar surface area (TPSA) is 63.6 Å². The molecule has 0 aliphatic carbocycles. The smallest absolute Gasteiger partial charge is 0.398 e. The van der Waals surface area contributed by atoms with Crippen LogP contribution in [0.15, 0.2) is 41.3 Å². The number of benzene rings is 2. The number of carboxylic acids is 1. The summed E-state index contributed by atoms with van der Waals surface area (Å²) < 4.78 is 42.6. The summed E-state index contributed by atoms with van der Waals surface area (Å²) in [7, 11) is 0. The number of alkyl halides is 3. The summed E-state index contributed by atoms with van der Waals surface area (Å²) in [6.45, 7) is 6.60. The Morgan fingerprint density at radius 1 is 1.03 bits per heavy atom. The van der Waals surface area contributed by atoms with Crippen molar-refractivity contribution in [3.63, 3.8) is 0 Å².